The molecular formula is C31H26FN7O5. The summed E-state index contributed by atoms with van der Waals surface area (Å²) in [5.74, 6) is 0.0567. The van der Waals surface area contributed by atoms with Gasteiger partial charge >= 0.3 is 12.0 Å². The van der Waals surface area contributed by atoms with Gasteiger partial charge in [-0.1, -0.05) is 6.58 Å². The summed E-state index contributed by atoms with van der Waals surface area (Å²) in [6, 6.07) is 13.3. The Labute approximate surface area is 251 Å². The van der Waals surface area contributed by atoms with E-state index in [1.807, 2.05) is 0 Å². The van der Waals surface area contributed by atoms with E-state index in [2.05, 4.69) is 32.2 Å². The largest absolute Gasteiger partial charge is 0.457 e. The second-order valence-electron chi connectivity index (χ2n) is 10.0. The van der Waals surface area contributed by atoms with Crippen LogP contribution in [0.4, 0.5) is 26.4 Å². The van der Waals surface area contributed by atoms with Gasteiger partial charge in [-0.25, -0.2) is 19.1 Å². The number of rotatable bonds is 9. The molecule has 3 heterocycles. The number of pyridine rings is 1. The van der Waals surface area contributed by atoms with Crippen molar-refractivity contribution in [1.29, 1.82) is 0 Å². The van der Waals surface area contributed by atoms with Gasteiger partial charge in [-0.3, -0.25) is 14.6 Å². The average molecular weight is 596 g/mol. The van der Waals surface area contributed by atoms with Crippen LogP contribution in [0.2, 0.25) is 0 Å². The number of fused-ring (bicyclic) bond motifs is 1. The van der Waals surface area contributed by atoms with Gasteiger partial charge in [0, 0.05) is 42.8 Å². The van der Waals surface area contributed by atoms with E-state index < -0.39 is 11.7 Å². The summed E-state index contributed by atoms with van der Waals surface area (Å²) in [6.45, 7) is 3.72. The molecule has 2 aromatic carbocycles. The number of amides is 4. The van der Waals surface area contributed by atoms with Crippen LogP contribution in [0.25, 0.3) is 0 Å². The molecule has 0 unspecified atom stereocenters. The van der Waals surface area contributed by atoms with Crippen LogP contribution >= 0.6 is 0 Å². The first-order chi connectivity index (χ1) is 21.3. The number of halogens is 1. The van der Waals surface area contributed by atoms with Gasteiger partial charge in [0.05, 0.1) is 12.2 Å². The van der Waals surface area contributed by atoms with E-state index in [4.69, 9.17) is 9.47 Å². The fourth-order valence-corrected chi connectivity index (χ4v) is 4.62. The van der Waals surface area contributed by atoms with Crippen molar-refractivity contribution in [2.24, 2.45) is 0 Å². The Balaban J connectivity index is 1.26. The minimum atomic E-state index is -0.649. The normalized spacial score (nSPS) is 14.0. The molecule has 1 aliphatic carbocycles. The van der Waals surface area contributed by atoms with Gasteiger partial charge in [0.25, 0.3) is 5.91 Å². The molecule has 0 spiro atoms. The molecule has 1 saturated carbocycles. The number of nitrogens with zero attached hydrogens (tertiary/aromatic N) is 5. The Morgan fingerprint density at radius 1 is 1.02 bits per heavy atom. The van der Waals surface area contributed by atoms with E-state index in [0.29, 0.717) is 29.4 Å². The van der Waals surface area contributed by atoms with Crippen LogP contribution < -0.4 is 25.0 Å². The summed E-state index contributed by atoms with van der Waals surface area (Å²) in [7, 11) is 1.52. The van der Waals surface area contributed by atoms with Crippen molar-refractivity contribution in [3.05, 3.63) is 96.7 Å². The Morgan fingerprint density at radius 3 is 2.48 bits per heavy atom. The van der Waals surface area contributed by atoms with Crippen molar-refractivity contribution in [2.75, 3.05) is 17.3 Å². The first-order valence-electron chi connectivity index (χ1n) is 13.7. The van der Waals surface area contributed by atoms with Crippen molar-refractivity contribution in [2.45, 2.75) is 25.4 Å². The van der Waals surface area contributed by atoms with Crippen LogP contribution in [0.1, 0.15) is 28.9 Å². The summed E-state index contributed by atoms with van der Waals surface area (Å²) in [6.07, 6.45) is 5.87. The molecule has 0 atom stereocenters. The third-order valence-corrected chi connectivity index (χ3v) is 6.85. The Morgan fingerprint density at radius 2 is 1.77 bits per heavy atom. The lowest BCUT2D eigenvalue weighted by molar-refractivity contribution is -0.111. The van der Waals surface area contributed by atoms with E-state index in [9.17, 15) is 18.8 Å². The van der Waals surface area contributed by atoms with Gasteiger partial charge in [0.2, 0.25) is 5.91 Å². The SMILES string of the molecule is C=CC(=O)Nc1cc(F)cc(N2C(=O)N(C3CC3)Cc3cnc(Oc4ccc(Oc5ccnc(C(=O)NC)c5)cc4)nc32)c1. The average Bonchev–Trinajstić information content (AvgIpc) is 3.87. The number of hydrogen-bond donors (Lipinski definition) is 2. The van der Waals surface area contributed by atoms with E-state index in [1.54, 1.807) is 41.4 Å². The smallest absolute Gasteiger partial charge is 0.330 e. The lowest BCUT2D eigenvalue weighted by Gasteiger charge is -2.36. The molecule has 1 fully saturated rings. The van der Waals surface area contributed by atoms with E-state index in [0.717, 1.165) is 25.0 Å². The third-order valence-electron chi connectivity index (χ3n) is 6.85. The summed E-state index contributed by atoms with van der Waals surface area (Å²) in [4.78, 5) is 53.3. The molecule has 222 valence electrons. The van der Waals surface area contributed by atoms with Crippen molar-refractivity contribution in [3.8, 4) is 23.3 Å². The number of ether oxygens (including phenoxy) is 2. The number of nitrogens with one attached hydrogen (secondary N) is 2. The lowest BCUT2D eigenvalue weighted by Crippen LogP contribution is -2.46. The Kier molecular flexibility index (Phi) is 7.58. The van der Waals surface area contributed by atoms with Crippen molar-refractivity contribution in [1.82, 2.24) is 25.2 Å². The highest BCUT2D eigenvalue weighted by atomic mass is 19.1. The molecule has 2 aromatic heterocycles. The van der Waals surface area contributed by atoms with Gasteiger partial charge in [-0.15, -0.1) is 0 Å². The monoisotopic (exact) mass is 595 g/mol. The molecule has 2 N–H and O–H groups in total. The van der Waals surface area contributed by atoms with Crippen LogP contribution in [0, 0.1) is 5.82 Å². The maximum Gasteiger partial charge on any atom is 0.330 e. The summed E-state index contributed by atoms with van der Waals surface area (Å²) < 4.78 is 26.4. The maximum absolute atomic E-state index is 14.7. The number of hydrogen-bond acceptors (Lipinski definition) is 8. The quantitative estimate of drug-likeness (QED) is 0.248. The molecule has 0 saturated heterocycles. The lowest BCUT2D eigenvalue weighted by atomic mass is 10.1. The molecule has 0 bridgehead atoms. The van der Waals surface area contributed by atoms with Gasteiger partial charge < -0.3 is 25.0 Å². The van der Waals surface area contributed by atoms with E-state index >= 15 is 0 Å². The van der Waals surface area contributed by atoms with Crippen LogP contribution in [0.3, 0.4) is 0 Å². The maximum atomic E-state index is 14.7. The second-order valence-corrected chi connectivity index (χ2v) is 10.0. The van der Waals surface area contributed by atoms with Crippen molar-refractivity contribution >= 4 is 35.0 Å². The predicted molar refractivity (Wildman–Crippen MR) is 158 cm³/mol. The highest BCUT2D eigenvalue weighted by molar-refractivity contribution is 6.03. The number of anilines is 3. The first-order valence-corrected chi connectivity index (χ1v) is 13.7. The first kappa shape index (κ1) is 28.3. The fraction of sp³-hybridized carbons (Fsp3) is 0.161. The minimum Gasteiger partial charge on any atom is -0.457 e. The standard InChI is InChI=1S/C31H26FN7O5/c1-3-27(40)36-20-12-19(32)13-22(14-20)39-28-18(17-38(31(39)42)21-4-5-21)16-35-30(37-28)44-24-8-6-23(7-9-24)43-25-10-11-34-26(15-25)29(41)33-2/h3,6-16,21H,1,4-5,17H2,2H3,(H,33,41)(H,36,40). The topological polar surface area (TPSA) is 139 Å². The van der Waals surface area contributed by atoms with Crippen molar-refractivity contribution in [3.63, 3.8) is 0 Å². The Hall–Kier alpha value is -5.85. The molecule has 6 rings (SSSR count). The second kappa shape index (κ2) is 11.8. The molecule has 12 nitrogen and oxygen atoms in total. The van der Waals surface area contributed by atoms with Crippen LogP contribution in [-0.2, 0) is 11.3 Å². The molecular weight excluding hydrogens is 569 g/mol. The summed E-state index contributed by atoms with van der Waals surface area (Å²) in [5, 5.41) is 5.05. The highest BCUT2D eigenvalue weighted by Gasteiger charge is 2.41. The van der Waals surface area contributed by atoms with Gasteiger partial charge in [0.1, 0.15) is 28.8 Å². The zero-order chi connectivity index (χ0) is 30.8. The number of carbonyl (C=O) groups excluding carboxylic acids is 3. The van der Waals surface area contributed by atoms with E-state index in [1.165, 1.54) is 36.3 Å². The predicted octanol–water partition coefficient (Wildman–Crippen LogP) is 5.32. The molecule has 1 aliphatic heterocycles. The molecule has 4 aromatic rings. The summed E-state index contributed by atoms with van der Waals surface area (Å²) >= 11 is 0. The number of urea groups is 1. The van der Waals surface area contributed by atoms with Crippen molar-refractivity contribution < 1.29 is 28.2 Å². The Bertz CT molecular complexity index is 1780. The summed E-state index contributed by atoms with van der Waals surface area (Å²) in [5.41, 5.74) is 1.22. The molecule has 44 heavy (non-hydrogen) atoms. The number of aromatic nitrogens is 3. The molecule has 0 radical (unpaired) electrons. The number of carbonyl (C=O) groups is 3. The van der Waals surface area contributed by atoms with Crippen LogP contribution in [0.5, 0.6) is 23.3 Å². The third kappa shape index (κ3) is 6.02. The van der Waals surface area contributed by atoms with E-state index in [-0.39, 0.29) is 46.9 Å². The zero-order valence-electron chi connectivity index (χ0n) is 23.5. The number of benzene rings is 2. The zero-order valence-corrected chi connectivity index (χ0v) is 23.5. The fourth-order valence-electron chi connectivity index (χ4n) is 4.62. The van der Waals surface area contributed by atoms with Crippen LogP contribution in [-0.4, -0.2) is 50.8 Å². The molecule has 13 heteroatoms. The minimum absolute atomic E-state index is 0.0315. The van der Waals surface area contributed by atoms with Crippen LogP contribution in [0.15, 0.2) is 79.6 Å². The van der Waals surface area contributed by atoms with Gasteiger partial charge in [-0.05, 0) is 67.4 Å². The molecule has 2 aliphatic rings. The van der Waals surface area contributed by atoms with Gasteiger partial charge in [-0.2, -0.15) is 4.98 Å². The molecule has 4 amide bonds. The highest BCUT2D eigenvalue weighted by Crippen LogP contribution is 2.40. The van der Waals surface area contributed by atoms with Gasteiger partial charge in [0.15, 0.2) is 5.82 Å².